The molecule has 0 fully saturated rings. The van der Waals surface area contributed by atoms with E-state index in [2.05, 4.69) is 26.0 Å². The molecule has 0 saturated heterocycles. The highest BCUT2D eigenvalue weighted by atomic mass is 35.5. The lowest BCUT2D eigenvalue weighted by Crippen LogP contribution is -1.94. The van der Waals surface area contributed by atoms with Gasteiger partial charge in [-0.25, -0.2) is 0 Å². The van der Waals surface area contributed by atoms with Gasteiger partial charge in [-0.2, -0.15) is 0 Å². The summed E-state index contributed by atoms with van der Waals surface area (Å²) in [6.07, 6.45) is 1.02. The number of benzene rings is 2. The second-order valence-corrected chi connectivity index (χ2v) is 7.13. The highest BCUT2D eigenvalue weighted by Crippen LogP contribution is 2.48. The van der Waals surface area contributed by atoms with Crippen LogP contribution in [0, 0.1) is 5.92 Å². The lowest BCUT2D eigenvalue weighted by Gasteiger charge is -2.13. The minimum absolute atomic E-state index is 0.175. The zero-order valence-corrected chi connectivity index (χ0v) is 15.3. The zero-order chi connectivity index (χ0) is 15.7. The van der Waals surface area contributed by atoms with Crippen LogP contribution in [-0.4, -0.2) is 0 Å². The third-order valence-electron chi connectivity index (χ3n) is 3.10. The SMILES string of the molecule is CC(C)Cc1ccc(-c2c(Cl)c(Cl)c(Cl)c(Cl)c2Cl)cc1. The molecular weight excluding hydrogens is 369 g/mol. The largest absolute Gasteiger partial charge is 0.0819 e. The van der Waals surface area contributed by atoms with Crippen LogP contribution in [0.4, 0.5) is 0 Å². The molecule has 0 aliphatic carbocycles. The first kappa shape index (κ1) is 17.2. The van der Waals surface area contributed by atoms with Crippen molar-refractivity contribution in [3.05, 3.63) is 54.9 Å². The molecule has 0 saturated carbocycles. The van der Waals surface area contributed by atoms with Crippen LogP contribution >= 0.6 is 58.0 Å². The molecule has 0 spiro atoms. The Kier molecular flexibility index (Phi) is 5.73. The zero-order valence-electron chi connectivity index (χ0n) is 11.5. The summed E-state index contributed by atoms with van der Waals surface area (Å²) in [5.74, 6) is 0.599. The molecule has 0 heterocycles. The maximum absolute atomic E-state index is 6.27. The average Bonchev–Trinajstić information content (AvgIpc) is 2.44. The third-order valence-corrected chi connectivity index (χ3v) is 5.37. The lowest BCUT2D eigenvalue weighted by molar-refractivity contribution is 0.647. The van der Waals surface area contributed by atoms with Crippen LogP contribution < -0.4 is 0 Å². The molecular formula is C16H13Cl5. The van der Waals surface area contributed by atoms with Crippen molar-refractivity contribution in [3.63, 3.8) is 0 Å². The van der Waals surface area contributed by atoms with Gasteiger partial charge in [-0.05, 0) is 23.5 Å². The maximum atomic E-state index is 6.27. The number of hydrogen-bond acceptors (Lipinski definition) is 0. The van der Waals surface area contributed by atoms with Crippen molar-refractivity contribution in [2.24, 2.45) is 5.92 Å². The van der Waals surface area contributed by atoms with Gasteiger partial charge in [-0.15, -0.1) is 0 Å². The van der Waals surface area contributed by atoms with Gasteiger partial charge in [0, 0.05) is 5.56 Å². The molecule has 0 radical (unpaired) electrons. The van der Waals surface area contributed by atoms with Gasteiger partial charge in [0.2, 0.25) is 0 Å². The molecule has 2 rings (SSSR count). The summed E-state index contributed by atoms with van der Waals surface area (Å²) in [5, 5.41) is 1.23. The van der Waals surface area contributed by atoms with E-state index in [1.807, 2.05) is 12.1 Å². The monoisotopic (exact) mass is 380 g/mol. The van der Waals surface area contributed by atoms with Crippen LogP contribution in [0.3, 0.4) is 0 Å². The van der Waals surface area contributed by atoms with E-state index in [1.165, 1.54) is 5.56 Å². The Morgan fingerprint density at radius 2 is 1.14 bits per heavy atom. The summed E-state index contributed by atoms with van der Waals surface area (Å²) in [7, 11) is 0. The number of rotatable bonds is 3. The highest BCUT2D eigenvalue weighted by Gasteiger charge is 2.20. The molecule has 0 amide bonds. The van der Waals surface area contributed by atoms with E-state index < -0.39 is 0 Å². The Bertz CT molecular complexity index is 630. The first-order valence-electron chi connectivity index (χ1n) is 6.43. The van der Waals surface area contributed by atoms with Crippen molar-refractivity contribution in [1.82, 2.24) is 0 Å². The molecule has 0 aromatic heterocycles. The molecule has 0 atom stereocenters. The molecule has 0 unspecified atom stereocenters. The molecule has 0 nitrogen and oxygen atoms in total. The van der Waals surface area contributed by atoms with Gasteiger partial charge in [-0.3, -0.25) is 0 Å². The topological polar surface area (TPSA) is 0 Å². The predicted molar refractivity (Wildman–Crippen MR) is 95.5 cm³/mol. The summed E-state index contributed by atoms with van der Waals surface area (Å²) in [5.41, 5.74) is 2.72. The van der Waals surface area contributed by atoms with Crippen molar-refractivity contribution in [1.29, 1.82) is 0 Å². The van der Waals surface area contributed by atoms with Gasteiger partial charge in [0.15, 0.2) is 0 Å². The smallest absolute Gasteiger partial charge is 0.0809 e. The Morgan fingerprint density at radius 1 is 0.714 bits per heavy atom. The van der Waals surface area contributed by atoms with Crippen molar-refractivity contribution >= 4 is 58.0 Å². The van der Waals surface area contributed by atoms with Gasteiger partial charge in [0.05, 0.1) is 25.1 Å². The van der Waals surface area contributed by atoms with E-state index in [1.54, 1.807) is 0 Å². The van der Waals surface area contributed by atoms with E-state index in [0.29, 0.717) is 21.5 Å². The molecule has 5 heteroatoms. The molecule has 2 aromatic rings. The number of halogens is 5. The highest BCUT2D eigenvalue weighted by molar-refractivity contribution is 6.56. The molecule has 0 N–H and O–H groups in total. The fourth-order valence-electron chi connectivity index (χ4n) is 2.14. The van der Waals surface area contributed by atoms with E-state index >= 15 is 0 Å². The Morgan fingerprint density at radius 3 is 1.57 bits per heavy atom. The Balaban J connectivity index is 2.52. The van der Waals surface area contributed by atoms with Gasteiger partial charge >= 0.3 is 0 Å². The van der Waals surface area contributed by atoms with Gasteiger partial charge in [0.25, 0.3) is 0 Å². The molecule has 112 valence electrons. The van der Waals surface area contributed by atoms with E-state index in [9.17, 15) is 0 Å². The van der Waals surface area contributed by atoms with E-state index in [4.69, 9.17) is 58.0 Å². The van der Waals surface area contributed by atoms with Crippen molar-refractivity contribution in [2.75, 3.05) is 0 Å². The second-order valence-electron chi connectivity index (χ2n) is 5.24. The van der Waals surface area contributed by atoms with Crippen LogP contribution in [0.25, 0.3) is 11.1 Å². The standard InChI is InChI=1S/C16H13Cl5/c1-8(2)7-9-3-5-10(6-4-9)11-12(17)14(19)16(21)15(20)13(11)18/h3-6,8H,7H2,1-2H3. The van der Waals surface area contributed by atoms with Crippen LogP contribution in [0.15, 0.2) is 24.3 Å². The third kappa shape index (κ3) is 3.63. The van der Waals surface area contributed by atoms with Crippen molar-refractivity contribution in [3.8, 4) is 11.1 Å². The summed E-state index contributed by atoms with van der Waals surface area (Å²) >= 11 is 30.8. The molecule has 2 aromatic carbocycles. The van der Waals surface area contributed by atoms with Gasteiger partial charge in [-0.1, -0.05) is 96.1 Å². The number of hydrogen-bond donors (Lipinski definition) is 0. The first-order chi connectivity index (χ1) is 9.82. The van der Waals surface area contributed by atoms with E-state index in [-0.39, 0.29) is 15.1 Å². The van der Waals surface area contributed by atoms with E-state index in [0.717, 1.165) is 12.0 Å². The summed E-state index contributed by atoms with van der Waals surface area (Å²) in [6.45, 7) is 4.36. The predicted octanol–water partition coefficient (Wildman–Crippen LogP) is 7.82. The fraction of sp³-hybridized carbons (Fsp3) is 0.250. The second kappa shape index (κ2) is 6.98. The molecule has 0 aliphatic heterocycles. The lowest BCUT2D eigenvalue weighted by atomic mass is 9.99. The first-order valence-corrected chi connectivity index (χ1v) is 8.32. The Labute approximate surface area is 149 Å². The van der Waals surface area contributed by atoms with Crippen LogP contribution in [0.5, 0.6) is 0 Å². The van der Waals surface area contributed by atoms with Crippen molar-refractivity contribution in [2.45, 2.75) is 20.3 Å². The maximum Gasteiger partial charge on any atom is 0.0809 e. The molecule has 21 heavy (non-hydrogen) atoms. The minimum atomic E-state index is 0.175. The fourth-order valence-corrected chi connectivity index (χ4v) is 3.49. The summed E-state index contributed by atoms with van der Waals surface area (Å²) in [4.78, 5) is 0. The summed E-state index contributed by atoms with van der Waals surface area (Å²) in [6, 6.07) is 8.04. The summed E-state index contributed by atoms with van der Waals surface area (Å²) < 4.78 is 0. The van der Waals surface area contributed by atoms with Crippen LogP contribution in [0.1, 0.15) is 19.4 Å². The van der Waals surface area contributed by atoms with Gasteiger partial charge in [0.1, 0.15) is 0 Å². The van der Waals surface area contributed by atoms with Crippen molar-refractivity contribution < 1.29 is 0 Å². The van der Waals surface area contributed by atoms with Crippen LogP contribution in [-0.2, 0) is 6.42 Å². The normalized spacial score (nSPS) is 11.2. The molecule has 0 aliphatic rings. The molecule has 0 bridgehead atoms. The quantitative estimate of drug-likeness (QED) is 0.375. The van der Waals surface area contributed by atoms with Crippen LogP contribution in [0.2, 0.25) is 25.1 Å². The Hall–Kier alpha value is -0.110. The van der Waals surface area contributed by atoms with Gasteiger partial charge < -0.3 is 0 Å². The average molecular weight is 383 g/mol. The minimum Gasteiger partial charge on any atom is -0.0819 e.